The lowest BCUT2D eigenvalue weighted by molar-refractivity contribution is -0.143. The summed E-state index contributed by atoms with van der Waals surface area (Å²) < 4.78 is 15.4. The number of carbonyl (C=O) groups is 6. The van der Waals surface area contributed by atoms with Crippen molar-refractivity contribution in [3.8, 4) is 0 Å². The molecular weight excluding hydrogens is 953 g/mol. The summed E-state index contributed by atoms with van der Waals surface area (Å²) in [5.74, 6) is -1.88. The molecule has 0 aromatic heterocycles. The van der Waals surface area contributed by atoms with Crippen molar-refractivity contribution in [1.29, 1.82) is 0 Å². The molecule has 17 nitrogen and oxygen atoms in total. The lowest BCUT2D eigenvalue weighted by Gasteiger charge is -2.35. The lowest BCUT2D eigenvalue weighted by Crippen LogP contribution is -2.57. The van der Waals surface area contributed by atoms with Gasteiger partial charge < -0.3 is 50.2 Å². The minimum absolute atomic E-state index is 0.00793. The Morgan fingerprint density at radius 1 is 0.440 bits per heavy atom. The fraction of sp³-hybridized carbons (Fsp3) is 0.345. The molecular formula is C58H68N8O9. The lowest BCUT2D eigenvalue weighted by atomic mass is 9.97. The third kappa shape index (κ3) is 15.7. The van der Waals surface area contributed by atoms with E-state index in [1.165, 1.54) is 31.8 Å². The van der Waals surface area contributed by atoms with Crippen LogP contribution in [0.2, 0.25) is 0 Å². The zero-order chi connectivity index (χ0) is 52.9. The normalized spacial score (nSPS) is 14.8. The van der Waals surface area contributed by atoms with Gasteiger partial charge >= 0.3 is 36.0 Å². The molecule has 1 saturated heterocycles. The van der Waals surface area contributed by atoms with Crippen LogP contribution in [0.4, 0.5) is 14.4 Å². The van der Waals surface area contributed by atoms with Gasteiger partial charge in [0.05, 0.1) is 21.3 Å². The van der Waals surface area contributed by atoms with Crippen LogP contribution in [0.3, 0.4) is 0 Å². The Morgan fingerprint density at radius 3 is 1.11 bits per heavy atom. The van der Waals surface area contributed by atoms with E-state index < -0.39 is 54.1 Å². The number of benzene rings is 6. The fourth-order valence-electron chi connectivity index (χ4n) is 9.31. The van der Waals surface area contributed by atoms with Crippen molar-refractivity contribution in [2.45, 2.75) is 43.9 Å². The van der Waals surface area contributed by atoms with E-state index in [9.17, 15) is 28.8 Å². The largest absolute Gasteiger partial charge is 0.467 e. The van der Waals surface area contributed by atoms with Crippen molar-refractivity contribution in [1.82, 2.24) is 40.9 Å². The van der Waals surface area contributed by atoms with Crippen LogP contribution in [-0.4, -0.2) is 161 Å². The molecule has 0 spiro atoms. The maximum atomic E-state index is 14.5. The van der Waals surface area contributed by atoms with Crippen LogP contribution in [0.1, 0.15) is 22.3 Å². The molecule has 17 heteroatoms. The summed E-state index contributed by atoms with van der Waals surface area (Å²) in [7, 11) is 3.80. The van der Waals surface area contributed by atoms with Gasteiger partial charge in [-0.15, -0.1) is 0 Å². The Labute approximate surface area is 438 Å². The minimum atomic E-state index is -1.07. The van der Waals surface area contributed by atoms with E-state index >= 15 is 0 Å². The molecule has 1 heterocycles. The first-order valence-electron chi connectivity index (χ1n) is 25.4. The average Bonchev–Trinajstić information content (AvgIpc) is 3.44. The van der Waals surface area contributed by atoms with E-state index in [4.69, 9.17) is 14.2 Å². The van der Waals surface area contributed by atoms with Gasteiger partial charge in [0.15, 0.2) is 0 Å². The molecule has 6 aromatic rings. The number of carbonyl (C=O) groups excluding carboxylic acids is 6. The van der Waals surface area contributed by atoms with Crippen molar-refractivity contribution in [2.75, 3.05) is 86.8 Å². The number of rotatable bonds is 17. The van der Waals surface area contributed by atoms with E-state index in [1.807, 2.05) is 115 Å². The highest BCUT2D eigenvalue weighted by molar-refractivity contribution is 6.02. The van der Waals surface area contributed by atoms with Crippen LogP contribution in [0.15, 0.2) is 146 Å². The quantitative estimate of drug-likeness (QED) is 0.0375. The number of urea groups is 3. The van der Waals surface area contributed by atoms with Crippen molar-refractivity contribution < 1.29 is 43.0 Å². The SMILES string of the molecule is COC(=O)[C@H](Cc1ccccc1)NC(=O)N1CCN(CCNCc2c3ccccc3cc3ccccc23)CCN(C(=O)N[C@@H](Cc2ccccc2)C(=O)OC)CCN(C(=O)N[C@@H](Cc2ccccc2)C(=O)OC)CC1. The van der Waals surface area contributed by atoms with Crippen LogP contribution in [-0.2, 0) is 54.4 Å². The standard InChI is InChI=1S/C58H68N8O9/c1-73-53(67)50(37-42-17-7-4-8-18-42)60-56(70)64-31-29-63(28-27-59-41-49-47-25-15-13-23-45(47)40-46-24-14-16-26-48(46)49)30-32-65(57(71)61-51(54(68)74-2)38-43-19-9-5-10-20-43)34-36-66(35-33-64)58(72)62-52(55(69)75-3)39-44-21-11-6-12-22-44/h4-26,40,50-52,59H,27-39,41H2,1-3H3,(H,60,70)(H,61,71)(H,62,72)/t50-,51-,52-/m0/s1. The Morgan fingerprint density at radius 2 is 0.760 bits per heavy atom. The topological polar surface area (TPSA) is 191 Å². The van der Waals surface area contributed by atoms with Gasteiger partial charge in [-0.1, -0.05) is 140 Å². The number of ether oxygens (including phenoxy) is 3. The minimum Gasteiger partial charge on any atom is -0.467 e. The first kappa shape index (κ1) is 54.7. The molecule has 75 heavy (non-hydrogen) atoms. The second-order valence-corrected chi connectivity index (χ2v) is 18.4. The fourth-order valence-corrected chi connectivity index (χ4v) is 9.31. The molecule has 0 radical (unpaired) electrons. The summed E-state index contributed by atoms with van der Waals surface area (Å²) >= 11 is 0. The van der Waals surface area contributed by atoms with Crippen LogP contribution in [0.5, 0.6) is 0 Å². The molecule has 1 aliphatic heterocycles. The first-order chi connectivity index (χ1) is 36.5. The summed E-state index contributed by atoms with van der Waals surface area (Å²) in [6, 6.07) is 41.9. The molecule has 3 atom stereocenters. The Bertz CT molecular complexity index is 2690. The van der Waals surface area contributed by atoms with Gasteiger partial charge in [-0.25, -0.2) is 28.8 Å². The van der Waals surface area contributed by atoms with Gasteiger partial charge in [0.25, 0.3) is 0 Å². The number of nitrogens with zero attached hydrogens (tertiary/aromatic N) is 4. The van der Waals surface area contributed by atoms with E-state index in [1.54, 1.807) is 9.80 Å². The molecule has 0 aliphatic carbocycles. The Kier molecular flexibility index (Phi) is 20.3. The summed E-state index contributed by atoms with van der Waals surface area (Å²) in [6.45, 7) is 2.64. The van der Waals surface area contributed by atoms with Crippen LogP contribution in [0, 0.1) is 0 Å². The number of methoxy groups -OCH3 is 3. The Balaban J connectivity index is 1.16. The Hall–Kier alpha value is -8.02. The van der Waals surface area contributed by atoms with Gasteiger partial charge in [-0.05, 0) is 49.9 Å². The second-order valence-electron chi connectivity index (χ2n) is 18.4. The molecule has 6 amide bonds. The molecule has 6 aromatic carbocycles. The predicted molar refractivity (Wildman–Crippen MR) is 288 cm³/mol. The van der Waals surface area contributed by atoms with Crippen molar-refractivity contribution in [3.63, 3.8) is 0 Å². The highest BCUT2D eigenvalue weighted by Crippen LogP contribution is 2.28. The van der Waals surface area contributed by atoms with E-state index in [0.717, 1.165) is 38.2 Å². The third-order valence-corrected chi connectivity index (χ3v) is 13.5. The molecule has 394 valence electrons. The molecule has 4 N–H and O–H groups in total. The monoisotopic (exact) mass is 1020 g/mol. The summed E-state index contributed by atoms with van der Waals surface area (Å²) in [5, 5.41) is 17.0. The van der Waals surface area contributed by atoms with E-state index in [2.05, 4.69) is 56.5 Å². The maximum Gasteiger partial charge on any atom is 0.328 e. The predicted octanol–water partition coefficient (Wildman–Crippen LogP) is 5.79. The van der Waals surface area contributed by atoms with Crippen LogP contribution >= 0.6 is 0 Å². The molecule has 1 aliphatic rings. The molecule has 7 rings (SSSR count). The average molecular weight is 1020 g/mol. The highest BCUT2D eigenvalue weighted by Gasteiger charge is 2.31. The van der Waals surface area contributed by atoms with Crippen LogP contribution in [0.25, 0.3) is 21.5 Å². The third-order valence-electron chi connectivity index (χ3n) is 13.5. The number of hydrogen-bond acceptors (Lipinski definition) is 11. The van der Waals surface area contributed by atoms with Crippen molar-refractivity contribution >= 4 is 57.5 Å². The van der Waals surface area contributed by atoms with Gasteiger partial charge in [-0.2, -0.15) is 0 Å². The maximum absolute atomic E-state index is 14.5. The van der Waals surface area contributed by atoms with Crippen LogP contribution < -0.4 is 21.3 Å². The summed E-state index contributed by atoms with van der Waals surface area (Å²) in [5.41, 5.74) is 3.62. The number of esters is 3. The second kappa shape index (κ2) is 27.9. The number of amides is 6. The summed E-state index contributed by atoms with van der Waals surface area (Å²) in [4.78, 5) is 89.9. The van der Waals surface area contributed by atoms with Gasteiger partial charge in [-0.3, -0.25) is 4.90 Å². The number of fused-ring (bicyclic) bond motifs is 2. The molecule has 0 bridgehead atoms. The highest BCUT2D eigenvalue weighted by atomic mass is 16.5. The van der Waals surface area contributed by atoms with Gasteiger partial charge in [0.1, 0.15) is 18.1 Å². The zero-order valence-corrected chi connectivity index (χ0v) is 43.0. The molecule has 0 unspecified atom stereocenters. The van der Waals surface area contributed by atoms with E-state index in [0.29, 0.717) is 32.7 Å². The van der Waals surface area contributed by atoms with Crippen molar-refractivity contribution in [3.05, 3.63) is 168 Å². The number of hydrogen-bond donors (Lipinski definition) is 4. The summed E-state index contributed by atoms with van der Waals surface area (Å²) in [6.07, 6.45) is 0.510. The first-order valence-corrected chi connectivity index (χ1v) is 25.4. The zero-order valence-electron chi connectivity index (χ0n) is 43.0. The molecule has 1 fully saturated rings. The van der Waals surface area contributed by atoms with Gasteiger partial charge in [0.2, 0.25) is 0 Å². The van der Waals surface area contributed by atoms with E-state index in [-0.39, 0.29) is 58.5 Å². The molecule has 0 saturated carbocycles. The smallest absolute Gasteiger partial charge is 0.328 e. The van der Waals surface area contributed by atoms with Gasteiger partial charge in [0, 0.05) is 91.3 Å². The number of nitrogens with one attached hydrogen (secondary N) is 4. The van der Waals surface area contributed by atoms with Crippen molar-refractivity contribution in [2.24, 2.45) is 0 Å².